The fraction of sp³-hybridized carbons (Fsp3) is 0.333. The molecule has 2 aliphatic rings. The highest BCUT2D eigenvalue weighted by Crippen LogP contribution is 2.54. The maximum Gasteiger partial charge on any atom is 0.207 e. The summed E-state index contributed by atoms with van der Waals surface area (Å²) >= 11 is 6.45. The van der Waals surface area contributed by atoms with Crippen molar-refractivity contribution in [3.05, 3.63) is 58.4 Å². The third-order valence-electron chi connectivity index (χ3n) is 5.20. The van der Waals surface area contributed by atoms with E-state index in [0.717, 1.165) is 38.2 Å². The number of hydrogen-bond donors (Lipinski definition) is 0. The second-order valence-electron chi connectivity index (χ2n) is 6.40. The Morgan fingerprint density at radius 3 is 2.48 bits per heavy atom. The smallest absolute Gasteiger partial charge is 0.207 e. The van der Waals surface area contributed by atoms with Crippen LogP contribution >= 0.6 is 11.6 Å². The summed E-state index contributed by atoms with van der Waals surface area (Å²) in [6.45, 7) is 0. The van der Waals surface area contributed by atoms with E-state index < -0.39 is 21.1 Å². The monoisotopic (exact) mass is 350 g/mol. The second-order valence-corrected chi connectivity index (χ2v) is 8.69. The van der Waals surface area contributed by atoms with E-state index in [1.807, 2.05) is 0 Å². The van der Waals surface area contributed by atoms with Crippen LogP contribution in [0.25, 0.3) is 0 Å². The van der Waals surface area contributed by atoms with Gasteiger partial charge in [0, 0.05) is 16.0 Å². The predicted octanol–water partition coefficient (Wildman–Crippen LogP) is 4.88. The zero-order chi connectivity index (χ0) is 16.2. The van der Waals surface area contributed by atoms with Crippen LogP contribution in [0.4, 0.5) is 4.39 Å². The standard InChI is InChI=1S/C18H16ClFO2S/c19-14-5-4-6-15-17(14)18(9-2-1-3-10-18)13-8-7-12(20)11-16(13)23(15,21)22/h4-8,11H,1-3,9-10H2. The van der Waals surface area contributed by atoms with Crippen LogP contribution in [-0.2, 0) is 15.3 Å². The van der Waals surface area contributed by atoms with E-state index in [1.165, 1.54) is 6.07 Å². The summed E-state index contributed by atoms with van der Waals surface area (Å²) in [5, 5.41) is 0.489. The minimum Gasteiger partial charge on any atom is -0.218 e. The summed E-state index contributed by atoms with van der Waals surface area (Å²) in [4.78, 5) is 0.346. The van der Waals surface area contributed by atoms with Crippen molar-refractivity contribution in [2.45, 2.75) is 47.3 Å². The first kappa shape index (κ1) is 15.2. The van der Waals surface area contributed by atoms with Crippen molar-refractivity contribution < 1.29 is 12.8 Å². The molecule has 4 rings (SSSR count). The molecule has 2 aromatic carbocycles. The zero-order valence-corrected chi connectivity index (χ0v) is 14.1. The van der Waals surface area contributed by atoms with Gasteiger partial charge in [-0.05, 0) is 42.7 Å². The lowest BCUT2D eigenvalue weighted by Gasteiger charge is -2.43. The van der Waals surface area contributed by atoms with Crippen molar-refractivity contribution in [3.63, 3.8) is 0 Å². The molecule has 2 aromatic rings. The Labute approximate surface area is 140 Å². The van der Waals surface area contributed by atoms with Crippen LogP contribution in [0.15, 0.2) is 46.2 Å². The number of sulfone groups is 1. The van der Waals surface area contributed by atoms with Crippen molar-refractivity contribution in [2.75, 3.05) is 0 Å². The van der Waals surface area contributed by atoms with Crippen LogP contribution in [0.2, 0.25) is 5.02 Å². The molecule has 1 spiro atoms. The van der Waals surface area contributed by atoms with Crippen LogP contribution in [0.1, 0.15) is 43.2 Å². The molecular formula is C18H16ClFO2S. The van der Waals surface area contributed by atoms with Crippen molar-refractivity contribution in [3.8, 4) is 0 Å². The molecule has 0 N–H and O–H groups in total. The highest BCUT2D eigenvalue weighted by atomic mass is 35.5. The average molecular weight is 351 g/mol. The molecule has 0 atom stereocenters. The molecule has 0 bridgehead atoms. The first-order valence-electron chi connectivity index (χ1n) is 7.81. The second kappa shape index (κ2) is 5.05. The molecule has 1 heterocycles. The maximum atomic E-state index is 13.8. The Hall–Kier alpha value is -1.39. The fourth-order valence-electron chi connectivity index (χ4n) is 4.23. The van der Waals surface area contributed by atoms with Crippen LogP contribution < -0.4 is 0 Å². The number of fused-ring (bicyclic) bond motifs is 4. The molecule has 23 heavy (non-hydrogen) atoms. The molecule has 0 aromatic heterocycles. The van der Waals surface area contributed by atoms with Gasteiger partial charge in [-0.25, -0.2) is 12.8 Å². The predicted molar refractivity (Wildman–Crippen MR) is 87.2 cm³/mol. The van der Waals surface area contributed by atoms with Gasteiger partial charge in [-0.1, -0.05) is 43.0 Å². The van der Waals surface area contributed by atoms with Gasteiger partial charge in [0.15, 0.2) is 0 Å². The molecule has 2 nitrogen and oxygen atoms in total. The van der Waals surface area contributed by atoms with E-state index in [9.17, 15) is 12.8 Å². The van der Waals surface area contributed by atoms with Crippen molar-refractivity contribution in [1.29, 1.82) is 0 Å². The van der Waals surface area contributed by atoms with Crippen LogP contribution in [0.3, 0.4) is 0 Å². The number of benzene rings is 2. The average Bonchev–Trinajstić information content (AvgIpc) is 2.54. The van der Waals surface area contributed by atoms with Gasteiger partial charge < -0.3 is 0 Å². The molecule has 120 valence electrons. The molecule has 0 saturated heterocycles. The lowest BCUT2D eigenvalue weighted by atomic mass is 9.65. The molecule has 0 unspecified atom stereocenters. The van der Waals surface area contributed by atoms with Gasteiger partial charge in [-0.15, -0.1) is 0 Å². The number of rotatable bonds is 0. The molecule has 1 saturated carbocycles. The summed E-state index contributed by atoms with van der Waals surface area (Å²) in [6.07, 6.45) is 4.85. The quantitative estimate of drug-likeness (QED) is 0.679. The molecule has 0 radical (unpaired) electrons. The first-order valence-corrected chi connectivity index (χ1v) is 9.67. The molecule has 0 amide bonds. The zero-order valence-electron chi connectivity index (χ0n) is 12.5. The topological polar surface area (TPSA) is 34.1 Å². The normalized spacial score (nSPS) is 20.8. The molecular weight excluding hydrogens is 335 g/mol. The van der Waals surface area contributed by atoms with Gasteiger partial charge in [0.1, 0.15) is 5.82 Å². The first-order chi connectivity index (χ1) is 11.0. The van der Waals surface area contributed by atoms with E-state index in [0.29, 0.717) is 16.1 Å². The minimum absolute atomic E-state index is 0.106. The number of hydrogen-bond acceptors (Lipinski definition) is 2. The fourth-order valence-corrected chi connectivity index (χ4v) is 6.54. The lowest BCUT2D eigenvalue weighted by Crippen LogP contribution is -2.37. The highest BCUT2D eigenvalue weighted by Gasteiger charge is 2.47. The molecule has 1 aliphatic carbocycles. The van der Waals surface area contributed by atoms with Crippen molar-refractivity contribution >= 4 is 21.4 Å². The summed E-state index contributed by atoms with van der Waals surface area (Å²) < 4.78 is 39.8. The van der Waals surface area contributed by atoms with Crippen LogP contribution in [0.5, 0.6) is 0 Å². The Bertz CT molecular complexity index is 891. The van der Waals surface area contributed by atoms with E-state index in [1.54, 1.807) is 24.3 Å². The molecule has 1 aliphatic heterocycles. The molecule has 1 fully saturated rings. The van der Waals surface area contributed by atoms with Gasteiger partial charge in [-0.2, -0.15) is 0 Å². The summed E-state index contributed by atoms with van der Waals surface area (Å²) in [6, 6.07) is 9.15. The van der Waals surface area contributed by atoms with E-state index in [4.69, 9.17) is 11.6 Å². The lowest BCUT2D eigenvalue weighted by molar-refractivity contribution is 0.332. The Balaban J connectivity index is 2.15. The van der Waals surface area contributed by atoms with E-state index in [2.05, 4.69) is 0 Å². The van der Waals surface area contributed by atoms with Gasteiger partial charge in [0.2, 0.25) is 9.84 Å². The van der Waals surface area contributed by atoms with Crippen LogP contribution in [0, 0.1) is 5.82 Å². The van der Waals surface area contributed by atoms with Crippen molar-refractivity contribution in [2.24, 2.45) is 0 Å². The Kier molecular flexibility index (Phi) is 3.33. The van der Waals surface area contributed by atoms with Gasteiger partial charge >= 0.3 is 0 Å². The number of halogens is 2. The van der Waals surface area contributed by atoms with Crippen molar-refractivity contribution in [1.82, 2.24) is 0 Å². The summed E-state index contributed by atoms with van der Waals surface area (Å²) in [7, 11) is -3.75. The van der Waals surface area contributed by atoms with Gasteiger partial charge in [0.25, 0.3) is 0 Å². The van der Waals surface area contributed by atoms with E-state index in [-0.39, 0.29) is 9.79 Å². The Morgan fingerprint density at radius 1 is 1.00 bits per heavy atom. The minimum atomic E-state index is -3.75. The van der Waals surface area contributed by atoms with Gasteiger partial charge in [-0.3, -0.25) is 0 Å². The summed E-state index contributed by atoms with van der Waals surface area (Å²) in [5.74, 6) is -0.524. The maximum absolute atomic E-state index is 13.8. The molecule has 5 heteroatoms. The van der Waals surface area contributed by atoms with Crippen LogP contribution in [-0.4, -0.2) is 8.42 Å². The largest absolute Gasteiger partial charge is 0.218 e. The Morgan fingerprint density at radius 2 is 1.74 bits per heavy atom. The third kappa shape index (κ3) is 2.01. The van der Waals surface area contributed by atoms with Gasteiger partial charge in [0.05, 0.1) is 9.79 Å². The summed E-state index contributed by atoms with van der Waals surface area (Å²) in [5.41, 5.74) is 1.000. The highest BCUT2D eigenvalue weighted by molar-refractivity contribution is 7.91. The SMILES string of the molecule is O=S1(=O)c2cc(F)ccc2C2(CCCCC2)c2c(Cl)cccc21. The third-order valence-corrected chi connectivity index (χ3v) is 7.35. The van der Waals surface area contributed by atoms with E-state index >= 15 is 0 Å².